The summed E-state index contributed by atoms with van der Waals surface area (Å²) < 4.78 is 67.9. The molecule has 12 heteroatoms. The average molecular weight is 477 g/mol. The van der Waals surface area contributed by atoms with Gasteiger partial charge in [-0.05, 0) is 51.3 Å². The van der Waals surface area contributed by atoms with Crippen LogP contribution in [0.4, 0.5) is 13.2 Å². The van der Waals surface area contributed by atoms with E-state index >= 15 is 0 Å². The number of rotatable bonds is 4. The van der Waals surface area contributed by atoms with Gasteiger partial charge in [-0.15, -0.1) is 0 Å². The number of alkyl halides is 3. The normalized spacial score (nSPS) is 23.2. The first-order valence-electron chi connectivity index (χ1n) is 9.67. The summed E-state index contributed by atoms with van der Waals surface area (Å²) in [6.07, 6.45) is -3.65. The summed E-state index contributed by atoms with van der Waals surface area (Å²) in [6.45, 7) is 2.98. The Morgan fingerprint density at radius 1 is 1.29 bits per heavy atom. The molecule has 1 saturated carbocycles. The Labute approximate surface area is 182 Å². The molecular formula is C19H20ClF3N4O3S. The fourth-order valence-corrected chi connectivity index (χ4v) is 6.35. The van der Waals surface area contributed by atoms with Crippen molar-refractivity contribution in [2.75, 3.05) is 6.54 Å². The number of carbonyl (C=O) groups excluding carboxylic acids is 1. The minimum Gasteiger partial charge on any atom is -0.338 e. The molecule has 0 radical (unpaired) electrons. The van der Waals surface area contributed by atoms with Gasteiger partial charge in [0, 0.05) is 12.6 Å². The number of hydrogen-bond donors (Lipinski definition) is 0. The van der Waals surface area contributed by atoms with Crippen molar-refractivity contribution in [1.82, 2.24) is 19.7 Å². The molecule has 168 valence electrons. The van der Waals surface area contributed by atoms with Gasteiger partial charge >= 0.3 is 6.18 Å². The summed E-state index contributed by atoms with van der Waals surface area (Å²) in [5.41, 5.74) is -1.85. The number of amides is 1. The van der Waals surface area contributed by atoms with Crippen molar-refractivity contribution in [3.8, 4) is 5.69 Å². The molecule has 0 spiro atoms. The van der Waals surface area contributed by atoms with E-state index in [0.717, 1.165) is 4.90 Å². The maximum Gasteiger partial charge on any atom is 0.403 e. The number of likely N-dealkylation sites (tertiary alicyclic amines) is 1. The van der Waals surface area contributed by atoms with Crippen molar-refractivity contribution >= 4 is 27.3 Å². The average Bonchev–Trinajstić information content (AvgIpc) is 3.26. The van der Waals surface area contributed by atoms with Crippen LogP contribution in [0.25, 0.3) is 5.69 Å². The zero-order chi connectivity index (χ0) is 22.8. The predicted octanol–water partition coefficient (Wildman–Crippen LogP) is 3.33. The number of benzene rings is 1. The third kappa shape index (κ3) is 3.61. The van der Waals surface area contributed by atoms with E-state index in [1.54, 1.807) is 13.8 Å². The van der Waals surface area contributed by atoms with E-state index in [4.69, 9.17) is 11.6 Å². The largest absolute Gasteiger partial charge is 0.403 e. The third-order valence-corrected chi connectivity index (χ3v) is 8.64. The molecule has 1 unspecified atom stereocenters. The summed E-state index contributed by atoms with van der Waals surface area (Å²) in [5.74, 6) is -0.502. The van der Waals surface area contributed by atoms with Gasteiger partial charge in [-0.1, -0.05) is 11.6 Å². The van der Waals surface area contributed by atoms with Crippen molar-refractivity contribution in [2.24, 2.45) is 5.41 Å². The molecule has 31 heavy (non-hydrogen) atoms. The van der Waals surface area contributed by atoms with Gasteiger partial charge in [0.25, 0.3) is 0 Å². The molecule has 1 aromatic carbocycles. The van der Waals surface area contributed by atoms with Crippen molar-refractivity contribution in [3.05, 3.63) is 35.4 Å². The highest BCUT2D eigenvalue weighted by Crippen LogP contribution is 2.59. The van der Waals surface area contributed by atoms with E-state index in [0.29, 0.717) is 11.5 Å². The lowest BCUT2D eigenvalue weighted by Gasteiger charge is -2.28. The highest BCUT2D eigenvalue weighted by Gasteiger charge is 2.70. The summed E-state index contributed by atoms with van der Waals surface area (Å²) >= 11 is 6.26. The fourth-order valence-electron chi connectivity index (χ4n) is 4.02. The molecule has 2 aromatic rings. The van der Waals surface area contributed by atoms with E-state index in [9.17, 15) is 26.4 Å². The molecule has 4 rings (SSSR count). The minimum absolute atomic E-state index is 0.0305. The molecular weight excluding hydrogens is 457 g/mol. The minimum atomic E-state index is -4.64. The number of nitrogens with zero attached hydrogens (tertiary/aromatic N) is 4. The van der Waals surface area contributed by atoms with E-state index in [-0.39, 0.29) is 35.7 Å². The van der Waals surface area contributed by atoms with Crippen LogP contribution in [0, 0.1) is 12.3 Å². The van der Waals surface area contributed by atoms with Gasteiger partial charge in [-0.25, -0.2) is 18.1 Å². The molecule has 1 saturated heterocycles. The van der Waals surface area contributed by atoms with Crippen LogP contribution in [0.5, 0.6) is 0 Å². The number of carbonyl (C=O) groups is 1. The predicted molar refractivity (Wildman–Crippen MR) is 106 cm³/mol. The Morgan fingerprint density at radius 2 is 1.97 bits per heavy atom. The highest BCUT2D eigenvalue weighted by atomic mass is 35.5. The Bertz CT molecular complexity index is 1140. The molecule has 7 nitrogen and oxygen atoms in total. The van der Waals surface area contributed by atoms with Gasteiger partial charge in [0.15, 0.2) is 9.84 Å². The topological polar surface area (TPSA) is 85.2 Å². The van der Waals surface area contributed by atoms with Gasteiger partial charge in [0.05, 0.1) is 20.9 Å². The number of sulfone groups is 1. The van der Waals surface area contributed by atoms with Crippen LogP contribution in [0.3, 0.4) is 0 Å². The molecule has 2 aliphatic rings. The summed E-state index contributed by atoms with van der Waals surface area (Å²) in [4.78, 5) is 17.6. The standard InChI is InChI=1S/C19H20ClF3N4O3S/c1-11-7-14(9-26(11)17(28)18(5-6-18)19(21,22)23)31(29,30)16-4-3-13(8-15(16)20)27-10-24-12(2)25-27/h3-4,8,10-11,14H,5-7,9H2,1-2H3/t11-,14?/m1/s1. The molecule has 1 amide bonds. The van der Waals surface area contributed by atoms with Crippen molar-refractivity contribution in [3.63, 3.8) is 0 Å². The van der Waals surface area contributed by atoms with Crippen LogP contribution < -0.4 is 0 Å². The summed E-state index contributed by atoms with van der Waals surface area (Å²) in [7, 11) is -3.98. The lowest BCUT2D eigenvalue weighted by molar-refractivity contribution is -0.198. The molecule has 1 aromatic heterocycles. The molecule has 2 heterocycles. The van der Waals surface area contributed by atoms with Gasteiger partial charge < -0.3 is 4.90 Å². The maximum absolute atomic E-state index is 13.4. The molecule has 2 fully saturated rings. The van der Waals surface area contributed by atoms with Gasteiger partial charge in [0.2, 0.25) is 5.91 Å². The van der Waals surface area contributed by atoms with Crippen molar-refractivity contribution < 1.29 is 26.4 Å². The van der Waals surface area contributed by atoms with E-state index in [1.165, 1.54) is 29.2 Å². The van der Waals surface area contributed by atoms with Gasteiger partial charge in [-0.3, -0.25) is 4.79 Å². The maximum atomic E-state index is 13.4. The fraction of sp³-hybridized carbons (Fsp3) is 0.526. The molecule has 2 atom stereocenters. The lowest BCUT2D eigenvalue weighted by atomic mass is 10.0. The van der Waals surface area contributed by atoms with Gasteiger partial charge in [0.1, 0.15) is 17.6 Å². The number of aromatic nitrogens is 3. The van der Waals surface area contributed by atoms with Crippen LogP contribution in [0.1, 0.15) is 32.0 Å². The first-order chi connectivity index (χ1) is 14.4. The summed E-state index contributed by atoms with van der Waals surface area (Å²) in [5, 5.41) is 3.08. The summed E-state index contributed by atoms with van der Waals surface area (Å²) in [6, 6.07) is 3.68. The Balaban J connectivity index is 1.58. The Kier molecular flexibility index (Phi) is 5.12. The first-order valence-corrected chi connectivity index (χ1v) is 11.6. The second-order valence-corrected chi connectivity index (χ2v) is 10.7. The SMILES string of the molecule is Cc1ncn(-c2ccc(S(=O)(=O)C3C[C@@H](C)N(C(=O)C4(C(F)(F)F)CC4)C3)c(Cl)c2)n1. The number of aryl methyl sites for hydroxylation is 1. The van der Waals surface area contributed by atoms with Crippen LogP contribution in [0.2, 0.25) is 5.02 Å². The molecule has 1 aliphatic carbocycles. The quantitative estimate of drug-likeness (QED) is 0.675. The van der Waals surface area contributed by atoms with Crippen LogP contribution in [-0.2, 0) is 14.6 Å². The first kappa shape index (κ1) is 22.1. The zero-order valence-corrected chi connectivity index (χ0v) is 18.3. The van der Waals surface area contributed by atoms with Crippen LogP contribution in [-0.4, -0.2) is 58.0 Å². The monoisotopic (exact) mass is 476 g/mol. The van der Waals surface area contributed by atoms with Crippen molar-refractivity contribution in [2.45, 2.75) is 55.5 Å². The number of halogens is 4. The Hall–Kier alpha value is -2.14. The molecule has 0 bridgehead atoms. The van der Waals surface area contributed by atoms with E-state index < -0.39 is 38.6 Å². The second kappa shape index (κ2) is 7.19. The zero-order valence-electron chi connectivity index (χ0n) is 16.7. The van der Waals surface area contributed by atoms with Crippen LogP contribution in [0.15, 0.2) is 29.4 Å². The Morgan fingerprint density at radius 3 is 2.48 bits per heavy atom. The second-order valence-electron chi connectivity index (χ2n) is 8.14. The molecule has 0 N–H and O–H groups in total. The third-order valence-electron chi connectivity index (χ3n) is 6.03. The molecule has 1 aliphatic heterocycles. The van der Waals surface area contributed by atoms with Crippen molar-refractivity contribution in [1.29, 1.82) is 0 Å². The van der Waals surface area contributed by atoms with Gasteiger partial charge in [-0.2, -0.15) is 18.3 Å². The van der Waals surface area contributed by atoms with E-state index in [2.05, 4.69) is 10.1 Å². The van der Waals surface area contributed by atoms with Crippen LogP contribution >= 0.6 is 11.6 Å². The van der Waals surface area contributed by atoms with E-state index in [1.807, 2.05) is 0 Å². The smallest absolute Gasteiger partial charge is 0.338 e. The number of hydrogen-bond acceptors (Lipinski definition) is 5. The highest BCUT2D eigenvalue weighted by molar-refractivity contribution is 7.92. The lowest BCUT2D eigenvalue weighted by Crippen LogP contribution is -2.46.